The normalized spacial score (nSPS) is 31.8. The average Bonchev–Trinajstić information content (AvgIpc) is 3.20. The van der Waals surface area contributed by atoms with Crippen molar-refractivity contribution in [2.45, 2.75) is 50.7 Å². The number of nitrogens with two attached hydrogens (primary N) is 1. The van der Waals surface area contributed by atoms with Gasteiger partial charge in [0.15, 0.2) is 0 Å². The van der Waals surface area contributed by atoms with Gasteiger partial charge in [0, 0.05) is 30.7 Å². The zero-order valence-electron chi connectivity index (χ0n) is 15.8. The molecule has 4 rings (SSSR count). The molecule has 1 heterocycles. The molecule has 3 aliphatic rings. The maximum absolute atomic E-state index is 13.9. The largest absolute Gasteiger partial charge is 0.352 e. The lowest BCUT2D eigenvalue weighted by atomic mass is 9.84. The van der Waals surface area contributed by atoms with Crippen molar-refractivity contribution < 1.29 is 13.6 Å². The van der Waals surface area contributed by atoms with Gasteiger partial charge in [-0.05, 0) is 62.6 Å². The Balaban J connectivity index is 0.00000140. The topological polar surface area (TPSA) is 58.4 Å². The lowest BCUT2D eigenvalue weighted by molar-refractivity contribution is -0.128. The number of carbonyl (C=O) groups is 1. The molecule has 158 valence electrons. The van der Waals surface area contributed by atoms with Gasteiger partial charge in [-0.3, -0.25) is 9.69 Å². The minimum atomic E-state index is -0.510. The molecule has 1 aromatic carbocycles. The first-order valence-electron chi connectivity index (χ1n) is 9.74. The molecule has 5 atom stereocenters. The highest BCUT2D eigenvalue weighted by Crippen LogP contribution is 2.47. The van der Waals surface area contributed by atoms with Crippen molar-refractivity contribution in [1.82, 2.24) is 10.2 Å². The number of hydrogen-bond donors (Lipinski definition) is 2. The number of nitrogens with zero attached hydrogens (tertiary/aromatic N) is 1. The lowest BCUT2D eigenvalue weighted by Gasteiger charge is -2.35. The summed E-state index contributed by atoms with van der Waals surface area (Å²) in [5, 5.41) is 3.17. The highest BCUT2D eigenvalue weighted by molar-refractivity contribution is 5.85. The van der Waals surface area contributed by atoms with E-state index in [1.54, 1.807) is 0 Å². The fourth-order valence-electron chi connectivity index (χ4n) is 5.25. The Kier molecular flexibility index (Phi) is 8.08. The smallest absolute Gasteiger partial charge is 0.225 e. The summed E-state index contributed by atoms with van der Waals surface area (Å²) < 4.78 is 27.8. The number of likely N-dealkylation sites (tertiary alicyclic amines) is 1. The lowest BCUT2D eigenvalue weighted by Crippen LogP contribution is -2.52. The third kappa shape index (κ3) is 4.61. The van der Waals surface area contributed by atoms with E-state index in [-0.39, 0.29) is 60.8 Å². The maximum atomic E-state index is 13.9. The van der Waals surface area contributed by atoms with Gasteiger partial charge in [0.25, 0.3) is 0 Å². The van der Waals surface area contributed by atoms with Gasteiger partial charge < -0.3 is 11.1 Å². The minimum absolute atomic E-state index is 0. The molecule has 3 fully saturated rings. The van der Waals surface area contributed by atoms with E-state index in [0.29, 0.717) is 18.4 Å². The maximum Gasteiger partial charge on any atom is 0.225 e. The van der Waals surface area contributed by atoms with Crippen LogP contribution in [0.5, 0.6) is 0 Å². The standard InChI is InChI=1S/C20H27F2N3O.2ClH/c21-16-4-1-5-17(22)15(16)11-25-8-2-3-14(10-25)24-20(26)18-12-6-7-13(9-12)19(18)23;;/h1,4-5,12-14,18-19H,2-3,6-11,23H2,(H,24,26);2*1H. The fourth-order valence-corrected chi connectivity index (χ4v) is 5.25. The Bertz CT molecular complexity index is 671. The molecule has 4 nitrogen and oxygen atoms in total. The van der Waals surface area contributed by atoms with Gasteiger partial charge in [0.1, 0.15) is 11.6 Å². The highest BCUT2D eigenvalue weighted by Gasteiger charge is 2.49. The Hall–Kier alpha value is -0.950. The van der Waals surface area contributed by atoms with Crippen LogP contribution in [0.1, 0.15) is 37.7 Å². The molecule has 1 aromatic rings. The van der Waals surface area contributed by atoms with Crippen molar-refractivity contribution in [2.75, 3.05) is 13.1 Å². The molecule has 0 aromatic heterocycles. The molecule has 28 heavy (non-hydrogen) atoms. The van der Waals surface area contributed by atoms with E-state index in [1.807, 2.05) is 4.90 Å². The average molecular weight is 436 g/mol. The van der Waals surface area contributed by atoms with Crippen LogP contribution in [0.3, 0.4) is 0 Å². The zero-order valence-corrected chi connectivity index (χ0v) is 17.4. The first-order chi connectivity index (χ1) is 12.5. The number of hydrogen-bond acceptors (Lipinski definition) is 3. The summed E-state index contributed by atoms with van der Waals surface area (Å²) in [5.41, 5.74) is 6.38. The molecule has 0 spiro atoms. The van der Waals surface area contributed by atoms with E-state index < -0.39 is 11.6 Å². The summed E-state index contributed by atoms with van der Waals surface area (Å²) in [6.45, 7) is 1.64. The minimum Gasteiger partial charge on any atom is -0.352 e. The van der Waals surface area contributed by atoms with E-state index in [1.165, 1.54) is 18.2 Å². The molecule has 3 N–H and O–H groups in total. The molecule has 1 amide bonds. The van der Waals surface area contributed by atoms with Crippen molar-refractivity contribution in [1.29, 1.82) is 0 Å². The van der Waals surface area contributed by atoms with Crippen LogP contribution in [-0.4, -0.2) is 36.0 Å². The van der Waals surface area contributed by atoms with Gasteiger partial charge in [-0.1, -0.05) is 6.07 Å². The van der Waals surface area contributed by atoms with E-state index in [9.17, 15) is 13.6 Å². The van der Waals surface area contributed by atoms with Crippen LogP contribution in [0, 0.1) is 29.4 Å². The molecule has 2 saturated carbocycles. The number of fused-ring (bicyclic) bond motifs is 2. The van der Waals surface area contributed by atoms with Crippen molar-refractivity contribution in [3.63, 3.8) is 0 Å². The van der Waals surface area contributed by atoms with Crippen LogP contribution in [0.25, 0.3) is 0 Å². The van der Waals surface area contributed by atoms with Crippen molar-refractivity contribution in [3.8, 4) is 0 Å². The molecule has 0 radical (unpaired) electrons. The zero-order chi connectivity index (χ0) is 18.3. The Morgan fingerprint density at radius 1 is 1.14 bits per heavy atom. The van der Waals surface area contributed by atoms with Gasteiger partial charge in [-0.15, -0.1) is 24.8 Å². The number of piperidine rings is 1. The van der Waals surface area contributed by atoms with Gasteiger partial charge in [0.2, 0.25) is 5.91 Å². The van der Waals surface area contributed by atoms with Crippen LogP contribution in [0.15, 0.2) is 18.2 Å². The predicted octanol–water partition coefficient (Wildman–Crippen LogP) is 3.26. The summed E-state index contributed by atoms with van der Waals surface area (Å²) in [4.78, 5) is 14.8. The molecule has 2 aliphatic carbocycles. The quantitative estimate of drug-likeness (QED) is 0.762. The van der Waals surface area contributed by atoms with Gasteiger partial charge in [-0.2, -0.15) is 0 Å². The Morgan fingerprint density at radius 3 is 2.46 bits per heavy atom. The predicted molar refractivity (Wildman–Crippen MR) is 110 cm³/mol. The molecule has 5 unspecified atom stereocenters. The number of halogens is 4. The van der Waals surface area contributed by atoms with E-state index in [2.05, 4.69) is 5.32 Å². The Morgan fingerprint density at radius 2 is 1.82 bits per heavy atom. The molecule has 1 saturated heterocycles. The second-order valence-electron chi connectivity index (χ2n) is 8.22. The number of amides is 1. The van der Waals surface area contributed by atoms with Crippen LogP contribution in [-0.2, 0) is 11.3 Å². The first kappa shape index (κ1) is 23.3. The number of benzene rings is 1. The van der Waals surface area contributed by atoms with Crippen LogP contribution < -0.4 is 11.1 Å². The van der Waals surface area contributed by atoms with Crippen molar-refractivity contribution in [3.05, 3.63) is 35.4 Å². The number of carbonyl (C=O) groups excluding carboxylic acids is 1. The second-order valence-corrected chi connectivity index (χ2v) is 8.22. The molecule has 8 heteroatoms. The summed E-state index contributed by atoms with van der Waals surface area (Å²) >= 11 is 0. The van der Waals surface area contributed by atoms with Crippen LogP contribution in [0.4, 0.5) is 8.78 Å². The summed E-state index contributed by atoms with van der Waals surface area (Å²) in [7, 11) is 0. The van der Waals surface area contributed by atoms with Crippen molar-refractivity contribution >= 4 is 30.7 Å². The third-order valence-electron chi connectivity index (χ3n) is 6.58. The van der Waals surface area contributed by atoms with E-state index in [0.717, 1.165) is 38.6 Å². The monoisotopic (exact) mass is 435 g/mol. The Labute approximate surface area is 177 Å². The summed E-state index contributed by atoms with van der Waals surface area (Å²) in [6.07, 6.45) is 5.16. The second kappa shape index (κ2) is 9.70. The highest BCUT2D eigenvalue weighted by atomic mass is 35.5. The van der Waals surface area contributed by atoms with Crippen molar-refractivity contribution in [2.24, 2.45) is 23.5 Å². The SMILES string of the molecule is Cl.Cl.NC1C2CCC(C2)C1C(=O)NC1CCCN(Cc2c(F)cccc2F)C1. The van der Waals surface area contributed by atoms with Gasteiger partial charge >= 0.3 is 0 Å². The number of nitrogens with one attached hydrogen (secondary N) is 1. The van der Waals surface area contributed by atoms with Gasteiger partial charge in [-0.25, -0.2) is 8.78 Å². The van der Waals surface area contributed by atoms with Crippen LogP contribution >= 0.6 is 24.8 Å². The van der Waals surface area contributed by atoms with E-state index in [4.69, 9.17) is 5.73 Å². The summed E-state index contributed by atoms with van der Waals surface area (Å²) in [6, 6.07) is 3.97. The number of rotatable bonds is 4. The van der Waals surface area contributed by atoms with Crippen LogP contribution in [0.2, 0.25) is 0 Å². The first-order valence-corrected chi connectivity index (χ1v) is 9.74. The molecular formula is C20H29Cl2F2N3O. The van der Waals surface area contributed by atoms with Gasteiger partial charge in [0.05, 0.1) is 5.92 Å². The molecule has 1 aliphatic heterocycles. The molecule has 2 bridgehead atoms. The van der Waals surface area contributed by atoms with E-state index >= 15 is 0 Å². The fraction of sp³-hybridized carbons (Fsp3) is 0.650. The molecular weight excluding hydrogens is 407 g/mol. The third-order valence-corrected chi connectivity index (χ3v) is 6.58. The summed E-state index contributed by atoms with van der Waals surface area (Å²) in [5.74, 6) is -0.0696.